The number of carbonyl (C=O) groups excluding carboxylic acids is 2. The van der Waals surface area contributed by atoms with E-state index in [1.807, 2.05) is 0 Å². The predicted octanol–water partition coefficient (Wildman–Crippen LogP) is 5.36. The van der Waals surface area contributed by atoms with Crippen LogP contribution >= 0.6 is 25.9 Å². The van der Waals surface area contributed by atoms with Crippen LogP contribution in [0.5, 0.6) is 0 Å². The minimum atomic E-state index is -2.79. The van der Waals surface area contributed by atoms with Crippen LogP contribution in [0.4, 0.5) is 5.82 Å². The van der Waals surface area contributed by atoms with Gasteiger partial charge in [0.15, 0.2) is 35.4 Å². The first-order valence-electron chi connectivity index (χ1n) is 14.9. The number of fused-ring (bicyclic) bond motifs is 1. The Balaban J connectivity index is 1.47. The molecule has 2 unspecified atom stereocenters. The van der Waals surface area contributed by atoms with Crippen molar-refractivity contribution in [3.8, 4) is 0 Å². The first kappa shape index (κ1) is 32.4. The van der Waals surface area contributed by atoms with Gasteiger partial charge in [-0.05, 0) is 62.7 Å². The Morgan fingerprint density at radius 2 is 1.72 bits per heavy atom. The van der Waals surface area contributed by atoms with Crippen molar-refractivity contribution in [2.75, 3.05) is 50.0 Å². The molecular weight excluding hydrogens is 616 g/mol. The molecule has 3 aliphatic rings. The number of aromatic nitrogens is 4. The lowest BCUT2D eigenvalue weighted by molar-refractivity contribution is -0.165. The highest BCUT2D eigenvalue weighted by molar-refractivity contribution is 7.79. The van der Waals surface area contributed by atoms with Gasteiger partial charge < -0.3 is 28.2 Å². The van der Waals surface area contributed by atoms with Crippen molar-refractivity contribution >= 4 is 54.8 Å². The summed E-state index contributed by atoms with van der Waals surface area (Å²) in [6.45, 7) is 9.13. The third-order valence-corrected chi connectivity index (χ3v) is 15.2. The molecule has 2 saturated heterocycles. The molecular formula is C28H42ClN5O7P2. The van der Waals surface area contributed by atoms with E-state index in [0.29, 0.717) is 17.0 Å². The van der Waals surface area contributed by atoms with E-state index >= 15 is 0 Å². The monoisotopic (exact) mass is 657 g/mol. The summed E-state index contributed by atoms with van der Waals surface area (Å²) in [5, 5.41) is 0.0550. The quantitative estimate of drug-likeness (QED) is 0.195. The van der Waals surface area contributed by atoms with Gasteiger partial charge in [-0.1, -0.05) is 19.3 Å². The number of rotatable bonds is 9. The summed E-state index contributed by atoms with van der Waals surface area (Å²) in [6.07, 6.45) is 5.58. The van der Waals surface area contributed by atoms with Crippen molar-refractivity contribution in [2.45, 2.75) is 83.3 Å². The van der Waals surface area contributed by atoms with Crippen LogP contribution in [-0.2, 0) is 32.9 Å². The van der Waals surface area contributed by atoms with E-state index in [9.17, 15) is 18.7 Å². The van der Waals surface area contributed by atoms with Crippen molar-refractivity contribution < 1.29 is 32.9 Å². The van der Waals surface area contributed by atoms with E-state index in [1.54, 1.807) is 30.9 Å². The Bertz CT molecular complexity index is 1470. The molecule has 1 spiro atoms. The minimum absolute atomic E-state index is 0.0550. The van der Waals surface area contributed by atoms with Crippen molar-refractivity contribution in [1.29, 1.82) is 0 Å². The number of nitrogens with zero attached hydrogens (tertiary/aromatic N) is 5. The molecule has 12 nitrogen and oxygen atoms in total. The molecule has 2 aliphatic heterocycles. The molecule has 15 heteroatoms. The van der Waals surface area contributed by atoms with Crippen LogP contribution in [0, 0.1) is 5.41 Å². The van der Waals surface area contributed by atoms with Gasteiger partial charge in [-0.2, -0.15) is 9.97 Å². The van der Waals surface area contributed by atoms with E-state index < -0.39 is 50.8 Å². The van der Waals surface area contributed by atoms with Gasteiger partial charge in [0.1, 0.15) is 6.10 Å². The second-order valence-corrected chi connectivity index (χ2v) is 20.8. The Morgan fingerprint density at radius 1 is 1.05 bits per heavy atom. The zero-order valence-corrected chi connectivity index (χ0v) is 28.1. The van der Waals surface area contributed by atoms with Gasteiger partial charge >= 0.3 is 11.9 Å². The third-order valence-electron chi connectivity index (χ3n) is 8.72. The number of halogens is 1. The van der Waals surface area contributed by atoms with E-state index in [-0.39, 0.29) is 29.2 Å². The van der Waals surface area contributed by atoms with Gasteiger partial charge in [0.25, 0.3) is 0 Å². The number of anilines is 1. The Morgan fingerprint density at radius 3 is 2.37 bits per heavy atom. The molecule has 1 aliphatic carbocycles. The van der Waals surface area contributed by atoms with Gasteiger partial charge in [-0.3, -0.25) is 14.2 Å². The van der Waals surface area contributed by atoms with E-state index in [0.717, 1.165) is 19.5 Å². The molecule has 0 N–H and O–H groups in total. The number of hydrogen-bond acceptors (Lipinski definition) is 11. The van der Waals surface area contributed by atoms with Crippen molar-refractivity contribution in [3.05, 3.63) is 11.6 Å². The number of carbonyl (C=O) groups is 2. The fraction of sp³-hybridized carbons (Fsp3) is 0.750. The Kier molecular flexibility index (Phi) is 9.35. The highest BCUT2D eigenvalue weighted by Crippen LogP contribution is 2.56. The molecule has 0 radical (unpaired) electrons. The number of esters is 2. The maximum absolute atomic E-state index is 13.3. The maximum Gasteiger partial charge on any atom is 0.303 e. The molecule has 2 aromatic rings. The van der Waals surface area contributed by atoms with Gasteiger partial charge in [-0.15, -0.1) is 0 Å². The lowest BCUT2D eigenvalue weighted by Crippen LogP contribution is -2.39. The van der Waals surface area contributed by atoms with Crippen molar-refractivity contribution in [2.24, 2.45) is 5.41 Å². The van der Waals surface area contributed by atoms with Crippen LogP contribution in [0.3, 0.4) is 0 Å². The number of hydrogen-bond donors (Lipinski definition) is 0. The summed E-state index contributed by atoms with van der Waals surface area (Å²) in [6, 6.07) is 0. The largest absolute Gasteiger partial charge is 0.456 e. The molecule has 5 atom stereocenters. The van der Waals surface area contributed by atoms with Crippen LogP contribution in [0.15, 0.2) is 6.33 Å². The van der Waals surface area contributed by atoms with Crippen LogP contribution in [0.2, 0.25) is 5.28 Å². The fourth-order valence-electron chi connectivity index (χ4n) is 7.12. The topological polar surface area (TPSA) is 143 Å². The smallest absolute Gasteiger partial charge is 0.303 e. The van der Waals surface area contributed by atoms with Crippen molar-refractivity contribution in [1.82, 2.24) is 19.5 Å². The summed E-state index contributed by atoms with van der Waals surface area (Å²) < 4.78 is 45.1. The summed E-state index contributed by atoms with van der Waals surface area (Å²) in [4.78, 5) is 40.4. The fourth-order valence-corrected chi connectivity index (χ4v) is 14.4. The highest BCUT2D eigenvalue weighted by Gasteiger charge is 2.51. The Hall–Kier alpha value is -2.00. The summed E-state index contributed by atoms with van der Waals surface area (Å²) >= 11 is 6.48. The molecule has 43 heavy (non-hydrogen) atoms. The normalized spacial score (nSPS) is 27.0. The van der Waals surface area contributed by atoms with Gasteiger partial charge in [0.05, 0.1) is 26.5 Å². The lowest BCUT2D eigenvalue weighted by atomic mass is 9.73. The van der Waals surface area contributed by atoms with Crippen molar-refractivity contribution in [3.63, 3.8) is 0 Å². The summed E-state index contributed by atoms with van der Waals surface area (Å²) in [7, 11) is -5.32. The SMILES string of the molecule is CC(=O)OC1[C@@H](CCP(C)(=O)CP(C)(C)=O)O[C@@H](n2cnc3c(N4CCC5(CCCCC5)C4)nc(Cl)nc32)[C@H]1OC(C)=O. The summed E-state index contributed by atoms with van der Waals surface area (Å²) in [5.41, 5.74) is 1.24. The molecule has 2 aromatic heterocycles. The summed E-state index contributed by atoms with van der Waals surface area (Å²) in [5.74, 6) is -0.370. The minimum Gasteiger partial charge on any atom is -0.456 e. The first-order chi connectivity index (χ1) is 20.2. The lowest BCUT2D eigenvalue weighted by Gasteiger charge is -2.33. The van der Waals surface area contributed by atoms with Crippen LogP contribution in [0.25, 0.3) is 11.2 Å². The molecule has 3 fully saturated rings. The second kappa shape index (κ2) is 12.4. The third kappa shape index (κ3) is 7.46. The van der Waals surface area contributed by atoms with Crippen LogP contribution < -0.4 is 4.90 Å². The Labute approximate surface area is 257 Å². The molecule has 1 saturated carbocycles. The van der Waals surface area contributed by atoms with Crippen LogP contribution in [-0.4, -0.2) is 94.9 Å². The number of ether oxygens (including phenoxy) is 3. The zero-order valence-electron chi connectivity index (χ0n) is 25.5. The van der Waals surface area contributed by atoms with E-state index in [1.165, 1.54) is 46.0 Å². The molecule has 0 bridgehead atoms. The second-order valence-electron chi connectivity index (χ2n) is 13.1. The first-order valence-corrected chi connectivity index (χ1v) is 20.6. The van der Waals surface area contributed by atoms with E-state index in [2.05, 4.69) is 19.9 Å². The molecule has 5 rings (SSSR count). The predicted molar refractivity (Wildman–Crippen MR) is 165 cm³/mol. The molecule has 238 valence electrons. The average molecular weight is 658 g/mol. The number of imidazole rings is 1. The van der Waals surface area contributed by atoms with Gasteiger partial charge in [0, 0.05) is 33.1 Å². The highest BCUT2D eigenvalue weighted by atomic mass is 35.5. The van der Waals surface area contributed by atoms with E-state index in [4.69, 9.17) is 25.8 Å². The van der Waals surface area contributed by atoms with Gasteiger partial charge in [-0.25, -0.2) is 4.98 Å². The van der Waals surface area contributed by atoms with Gasteiger partial charge in [0.2, 0.25) is 5.28 Å². The maximum atomic E-state index is 13.3. The average Bonchev–Trinajstić information content (AvgIpc) is 3.57. The van der Waals surface area contributed by atoms with Crippen LogP contribution in [0.1, 0.15) is 65.0 Å². The molecule has 0 aromatic carbocycles. The molecule has 4 heterocycles. The zero-order chi connectivity index (χ0) is 31.2. The molecule has 0 amide bonds. The standard InChI is InChI=1S/C28H42ClN5O7P2/c1-18(35)39-22-20(9-14-43(5,38)17-42(3,4)37)41-26(23(22)40-19(2)36)34-16-30-21-24(31-27(29)32-25(21)34)33-13-12-28(15-33)10-7-6-8-11-28/h16,20,22-23,26H,6-15,17H2,1-5H3/t20-,22?,23+,26-,43?/m1/s1.